The summed E-state index contributed by atoms with van der Waals surface area (Å²) in [6, 6.07) is 0. The van der Waals surface area contributed by atoms with Gasteiger partial charge in [0.25, 0.3) is 0 Å². The van der Waals surface area contributed by atoms with Crippen molar-refractivity contribution in [3.63, 3.8) is 0 Å². The summed E-state index contributed by atoms with van der Waals surface area (Å²) in [7, 11) is 0. The SMILES string of the molecule is OC[C@H]1O[C@H](OCCOCCOCCCl)[C@H](O)[C@@H](O)[C@H]1O. The summed E-state index contributed by atoms with van der Waals surface area (Å²) in [5, 5.41) is 37.9. The summed E-state index contributed by atoms with van der Waals surface area (Å²) in [5.74, 6) is 0.431. The highest BCUT2D eigenvalue weighted by atomic mass is 35.5. The third kappa shape index (κ3) is 6.31. The van der Waals surface area contributed by atoms with E-state index >= 15 is 0 Å². The number of hydrogen-bond acceptors (Lipinski definition) is 8. The summed E-state index contributed by atoms with van der Waals surface area (Å²) < 4.78 is 20.7. The van der Waals surface area contributed by atoms with Crippen LogP contribution in [-0.2, 0) is 18.9 Å². The number of aliphatic hydroxyl groups is 4. The van der Waals surface area contributed by atoms with Crippen LogP contribution >= 0.6 is 11.6 Å². The Labute approximate surface area is 128 Å². The zero-order chi connectivity index (χ0) is 15.7. The predicted octanol–water partition coefficient (Wildman–Crippen LogP) is -1.93. The molecule has 1 heterocycles. The fourth-order valence-electron chi connectivity index (χ4n) is 1.80. The van der Waals surface area contributed by atoms with Crippen molar-refractivity contribution in [2.75, 3.05) is 45.5 Å². The lowest BCUT2D eigenvalue weighted by molar-refractivity contribution is -0.302. The zero-order valence-corrected chi connectivity index (χ0v) is 12.4. The monoisotopic (exact) mass is 330 g/mol. The highest BCUT2D eigenvalue weighted by Gasteiger charge is 2.43. The van der Waals surface area contributed by atoms with Gasteiger partial charge < -0.3 is 39.4 Å². The lowest BCUT2D eigenvalue weighted by Crippen LogP contribution is -2.59. The van der Waals surface area contributed by atoms with Gasteiger partial charge in [0, 0.05) is 5.88 Å². The number of ether oxygens (including phenoxy) is 4. The van der Waals surface area contributed by atoms with E-state index < -0.39 is 37.3 Å². The number of rotatable bonds is 10. The molecule has 0 radical (unpaired) electrons. The van der Waals surface area contributed by atoms with E-state index in [4.69, 9.17) is 35.7 Å². The molecule has 9 heteroatoms. The van der Waals surface area contributed by atoms with Crippen LogP contribution in [0, 0.1) is 0 Å². The van der Waals surface area contributed by atoms with Gasteiger partial charge in [-0.15, -0.1) is 11.6 Å². The van der Waals surface area contributed by atoms with Gasteiger partial charge in [-0.3, -0.25) is 0 Å². The van der Waals surface area contributed by atoms with E-state index in [2.05, 4.69) is 0 Å². The standard InChI is InChI=1S/C12H23ClO8/c13-1-2-18-3-4-19-5-6-20-12-11(17)10(16)9(15)8(7-14)21-12/h8-12,14-17H,1-7H2/t8-,9+,10+,11-,12+/m1/s1. The van der Waals surface area contributed by atoms with Crippen molar-refractivity contribution in [1.29, 1.82) is 0 Å². The van der Waals surface area contributed by atoms with Gasteiger partial charge in [-0.2, -0.15) is 0 Å². The number of halogens is 1. The number of alkyl halides is 1. The lowest BCUT2D eigenvalue weighted by atomic mass is 9.99. The van der Waals surface area contributed by atoms with E-state index in [1.807, 2.05) is 0 Å². The van der Waals surface area contributed by atoms with Gasteiger partial charge in [0.1, 0.15) is 24.4 Å². The molecule has 0 saturated carbocycles. The summed E-state index contributed by atoms with van der Waals surface area (Å²) in [6.45, 7) is 1.16. The van der Waals surface area contributed by atoms with Crippen LogP contribution in [0.15, 0.2) is 0 Å². The molecule has 1 rings (SSSR count). The quantitative estimate of drug-likeness (QED) is 0.270. The van der Waals surface area contributed by atoms with Gasteiger partial charge in [0.05, 0.1) is 39.6 Å². The topological polar surface area (TPSA) is 118 Å². The average molecular weight is 331 g/mol. The normalized spacial score (nSPS) is 33.3. The first-order valence-electron chi connectivity index (χ1n) is 6.75. The fourth-order valence-corrected chi connectivity index (χ4v) is 1.91. The van der Waals surface area contributed by atoms with Gasteiger partial charge in [-0.25, -0.2) is 0 Å². The first-order chi connectivity index (χ1) is 10.1. The minimum Gasteiger partial charge on any atom is -0.394 e. The molecule has 126 valence electrons. The predicted molar refractivity (Wildman–Crippen MR) is 72.1 cm³/mol. The summed E-state index contributed by atoms with van der Waals surface area (Å²) in [6.07, 6.45) is -6.32. The molecule has 8 nitrogen and oxygen atoms in total. The van der Waals surface area contributed by atoms with Crippen molar-refractivity contribution in [2.45, 2.75) is 30.7 Å². The van der Waals surface area contributed by atoms with Gasteiger partial charge in [-0.05, 0) is 0 Å². The van der Waals surface area contributed by atoms with Crippen molar-refractivity contribution in [3.8, 4) is 0 Å². The molecule has 0 aromatic heterocycles. The molecule has 4 N–H and O–H groups in total. The van der Waals surface area contributed by atoms with Crippen molar-refractivity contribution < 1.29 is 39.4 Å². The Hall–Kier alpha value is -0.0300. The van der Waals surface area contributed by atoms with Crippen LogP contribution in [0.5, 0.6) is 0 Å². The highest BCUT2D eigenvalue weighted by Crippen LogP contribution is 2.21. The fraction of sp³-hybridized carbons (Fsp3) is 1.00. The van der Waals surface area contributed by atoms with Crippen LogP contribution in [0.3, 0.4) is 0 Å². The van der Waals surface area contributed by atoms with Gasteiger partial charge in [-0.1, -0.05) is 0 Å². The second-order valence-corrected chi connectivity index (χ2v) is 4.86. The summed E-state index contributed by atoms with van der Waals surface area (Å²) in [4.78, 5) is 0. The average Bonchev–Trinajstić information content (AvgIpc) is 2.49. The first kappa shape index (κ1) is 19.0. The third-order valence-electron chi connectivity index (χ3n) is 2.95. The molecule has 0 bridgehead atoms. The van der Waals surface area contributed by atoms with Crippen LogP contribution in [0.1, 0.15) is 0 Å². The Balaban J connectivity index is 2.16. The molecule has 1 fully saturated rings. The largest absolute Gasteiger partial charge is 0.394 e. The summed E-state index contributed by atoms with van der Waals surface area (Å²) >= 11 is 5.43. The van der Waals surface area contributed by atoms with Crippen molar-refractivity contribution in [2.24, 2.45) is 0 Å². The van der Waals surface area contributed by atoms with Crippen LogP contribution < -0.4 is 0 Å². The van der Waals surface area contributed by atoms with E-state index in [1.165, 1.54) is 0 Å². The van der Waals surface area contributed by atoms with E-state index in [1.54, 1.807) is 0 Å². The molecule has 0 unspecified atom stereocenters. The minimum atomic E-state index is -1.44. The molecule has 1 saturated heterocycles. The van der Waals surface area contributed by atoms with Crippen molar-refractivity contribution >= 4 is 11.6 Å². The smallest absolute Gasteiger partial charge is 0.186 e. The van der Waals surface area contributed by atoms with Crippen molar-refractivity contribution in [1.82, 2.24) is 0 Å². The summed E-state index contributed by atoms with van der Waals surface area (Å²) in [5.41, 5.74) is 0. The molecular formula is C12H23ClO8. The molecule has 5 atom stereocenters. The van der Waals surface area contributed by atoms with Crippen LogP contribution in [0.2, 0.25) is 0 Å². The molecule has 0 amide bonds. The second kappa shape index (κ2) is 10.7. The Morgan fingerprint density at radius 1 is 0.857 bits per heavy atom. The highest BCUT2D eigenvalue weighted by molar-refractivity contribution is 6.17. The second-order valence-electron chi connectivity index (χ2n) is 4.48. The Morgan fingerprint density at radius 2 is 1.48 bits per heavy atom. The van der Waals surface area contributed by atoms with E-state index in [-0.39, 0.29) is 13.2 Å². The van der Waals surface area contributed by atoms with Gasteiger partial charge in [0.15, 0.2) is 6.29 Å². The van der Waals surface area contributed by atoms with E-state index in [0.717, 1.165) is 0 Å². The maximum Gasteiger partial charge on any atom is 0.186 e. The van der Waals surface area contributed by atoms with Gasteiger partial charge in [0.2, 0.25) is 0 Å². The van der Waals surface area contributed by atoms with Crippen LogP contribution in [0.4, 0.5) is 0 Å². The Kier molecular flexibility index (Phi) is 9.65. The zero-order valence-electron chi connectivity index (χ0n) is 11.6. The first-order valence-corrected chi connectivity index (χ1v) is 7.28. The van der Waals surface area contributed by atoms with Crippen LogP contribution in [0.25, 0.3) is 0 Å². The van der Waals surface area contributed by atoms with Gasteiger partial charge >= 0.3 is 0 Å². The van der Waals surface area contributed by atoms with Crippen LogP contribution in [-0.4, -0.2) is 96.7 Å². The lowest BCUT2D eigenvalue weighted by Gasteiger charge is -2.39. The molecule has 0 spiro atoms. The molecule has 0 aromatic carbocycles. The van der Waals surface area contributed by atoms with Crippen molar-refractivity contribution in [3.05, 3.63) is 0 Å². The maximum absolute atomic E-state index is 9.71. The minimum absolute atomic E-state index is 0.123. The molecule has 1 aliphatic heterocycles. The Morgan fingerprint density at radius 3 is 2.10 bits per heavy atom. The maximum atomic E-state index is 9.71. The molecular weight excluding hydrogens is 308 g/mol. The molecule has 21 heavy (non-hydrogen) atoms. The van der Waals surface area contributed by atoms with E-state index in [9.17, 15) is 15.3 Å². The Bertz CT molecular complexity index is 268. The molecule has 0 aliphatic carbocycles. The number of aliphatic hydroxyl groups excluding tert-OH is 4. The van der Waals surface area contributed by atoms with E-state index in [0.29, 0.717) is 25.7 Å². The molecule has 0 aromatic rings. The third-order valence-corrected chi connectivity index (χ3v) is 3.11. The molecule has 1 aliphatic rings. The number of hydrogen-bond donors (Lipinski definition) is 4.